The number of carbonyl (C=O) groups excluding carboxylic acids is 1. The second kappa shape index (κ2) is 6.42. The van der Waals surface area contributed by atoms with Gasteiger partial charge in [-0.05, 0) is 30.2 Å². The molecule has 0 saturated carbocycles. The van der Waals surface area contributed by atoms with E-state index < -0.39 is 5.97 Å². The van der Waals surface area contributed by atoms with Gasteiger partial charge in [-0.2, -0.15) is 0 Å². The third kappa shape index (κ3) is 2.70. The molecule has 2 aromatic carbocycles. The van der Waals surface area contributed by atoms with Crippen LogP contribution in [0.3, 0.4) is 0 Å². The molecule has 0 spiro atoms. The normalized spacial score (nSPS) is 14.2. The number of pyridine rings is 1. The third-order valence-corrected chi connectivity index (χ3v) is 4.77. The number of fused-ring (bicyclic) bond motifs is 1. The van der Waals surface area contributed by atoms with Crippen molar-refractivity contribution in [3.8, 4) is 11.1 Å². The average molecular weight is 367 g/mol. The Hall–Kier alpha value is -2.92. The van der Waals surface area contributed by atoms with Crippen molar-refractivity contribution in [2.24, 2.45) is 0 Å². The predicted octanol–water partition coefficient (Wildman–Crippen LogP) is 4.38. The minimum absolute atomic E-state index is 0.0289. The van der Waals surface area contributed by atoms with Gasteiger partial charge in [0.05, 0.1) is 5.52 Å². The van der Waals surface area contributed by atoms with E-state index >= 15 is 0 Å². The van der Waals surface area contributed by atoms with Gasteiger partial charge in [-0.3, -0.25) is 9.69 Å². The highest BCUT2D eigenvalue weighted by Crippen LogP contribution is 2.38. The quantitative estimate of drug-likeness (QED) is 0.746. The number of halogens is 1. The summed E-state index contributed by atoms with van der Waals surface area (Å²) in [7, 11) is 0. The molecule has 4 rings (SSSR count). The van der Waals surface area contributed by atoms with Crippen molar-refractivity contribution in [2.75, 3.05) is 11.4 Å². The lowest BCUT2D eigenvalue weighted by molar-refractivity contribution is -0.117. The van der Waals surface area contributed by atoms with Crippen molar-refractivity contribution in [3.05, 3.63) is 59.1 Å². The van der Waals surface area contributed by atoms with Crippen LogP contribution in [0.5, 0.6) is 0 Å². The third-order valence-electron chi connectivity index (χ3n) is 4.53. The minimum Gasteiger partial charge on any atom is -0.478 e. The van der Waals surface area contributed by atoms with Gasteiger partial charge in [0, 0.05) is 28.9 Å². The number of benzene rings is 2. The molecule has 0 atom stereocenters. The molecule has 0 unspecified atom stereocenters. The zero-order chi connectivity index (χ0) is 18.3. The van der Waals surface area contributed by atoms with Crippen molar-refractivity contribution in [1.82, 2.24) is 4.98 Å². The molecule has 130 valence electrons. The van der Waals surface area contributed by atoms with E-state index in [9.17, 15) is 14.7 Å². The standard InChI is InChI=1S/C20H15ClN2O3/c21-13-8-9-15-14(11-13)17(12-5-2-1-3-6-12)18(20(25)26)19(22-15)23-10-4-7-16(23)24/h1-3,5-6,8-9,11H,4,7,10H2,(H,25,26). The first-order valence-corrected chi connectivity index (χ1v) is 8.66. The molecule has 1 amide bonds. The second-order valence-corrected chi connectivity index (χ2v) is 6.60. The van der Waals surface area contributed by atoms with Gasteiger partial charge < -0.3 is 5.11 Å². The number of aromatic carboxylic acids is 1. The number of carboxylic acid groups (broad SMARTS) is 1. The molecular formula is C20H15ClN2O3. The summed E-state index contributed by atoms with van der Waals surface area (Å²) < 4.78 is 0. The van der Waals surface area contributed by atoms with Crippen molar-refractivity contribution >= 4 is 40.2 Å². The Morgan fingerprint density at radius 2 is 1.92 bits per heavy atom. The summed E-state index contributed by atoms with van der Waals surface area (Å²) in [5.41, 5.74) is 1.90. The smallest absolute Gasteiger partial charge is 0.340 e. The highest BCUT2D eigenvalue weighted by atomic mass is 35.5. The largest absolute Gasteiger partial charge is 0.478 e. The Bertz CT molecular complexity index is 1030. The van der Waals surface area contributed by atoms with Crippen LogP contribution in [-0.4, -0.2) is 28.5 Å². The Kier molecular flexibility index (Phi) is 4.09. The SMILES string of the molecule is O=C(O)c1c(N2CCCC2=O)nc2ccc(Cl)cc2c1-c1ccccc1. The number of aromatic nitrogens is 1. The first-order chi connectivity index (χ1) is 12.6. The fraction of sp³-hybridized carbons (Fsp3) is 0.150. The fourth-order valence-corrected chi connectivity index (χ4v) is 3.57. The summed E-state index contributed by atoms with van der Waals surface area (Å²) in [5, 5.41) is 11.1. The number of carboxylic acids is 1. The Labute approximate surface area is 154 Å². The van der Waals surface area contributed by atoms with Crippen LogP contribution in [0.1, 0.15) is 23.2 Å². The molecule has 0 bridgehead atoms. The van der Waals surface area contributed by atoms with Crippen LogP contribution in [0, 0.1) is 0 Å². The lowest BCUT2D eigenvalue weighted by atomic mass is 9.95. The second-order valence-electron chi connectivity index (χ2n) is 6.17. The van der Waals surface area contributed by atoms with E-state index in [0.717, 1.165) is 5.56 Å². The highest BCUT2D eigenvalue weighted by Gasteiger charge is 2.30. The molecule has 0 radical (unpaired) electrons. The van der Waals surface area contributed by atoms with Crippen molar-refractivity contribution in [1.29, 1.82) is 0 Å². The number of anilines is 1. The molecule has 26 heavy (non-hydrogen) atoms. The number of rotatable bonds is 3. The van der Waals surface area contributed by atoms with Crippen LogP contribution >= 0.6 is 11.6 Å². The van der Waals surface area contributed by atoms with Crippen LogP contribution in [0.15, 0.2) is 48.5 Å². The summed E-state index contributed by atoms with van der Waals surface area (Å²) >= 11 is 6.16. The van der Waals surface area contributed by atoms with Gasteiger partial charge in [0.2, 0.25) is 5.91 Å². The first kappa shape index (κ1) is 16.5. The van der Waals surface area contributed by atoms with Crippen LogP contribution in [-0.2, 0) is 4.79 Å². The molecule has 1 fully saturated rings. The zero-order valence-electron chi connectivity index (χ0n) is 13.8. The Morgan fingerprint density at radius 1 is 1.15 bits per heavy atom. The maximum atomic E-state index is 12.3. The molecular weight excluding hydrogens is 352 g/mol. The van der Waals surface area contributed by atoms with Gasteiger partial charge in [0.25, 0.3) is 0 Å². The van der Waals surface area contributed by atoms with E-state index in [0.29, 0.717) is 40.9 Å². The molecule has 6 heteroatoms. The summed E-state index contributed by atoms with van der Waals surface area (Å²) in [5.74, 6) is -1.02. The number of hydrogen-bond donors (Lipinski definition) is 1. The van der Waals surface area contributed by atoms with Crippen molar-refractivity contribution in [2.45, 2.75) is 12.8 Å². The molecule has 3 aromatic rings. The maximum Gasteiger partial charge on any atom is 0.340 e. The van der Waals surface area contributed by atoms with Crippen molar-refractivity contribution < 1.29 is 14.7 Å². The summed E-state index contributed by atoms with van der Waals surface area (Å²) in [6.07, 6.45) is 1.10. The van der Waals surface area contributed by atoms with E-state index in [2.05, 4.69) is 4.98 Å². The number of hydrogen-bond acceptors (Lipinski definition) is 3. The maximum absolute atomic E-state index is 12.3. The molecule has 1 saturated heterocycles. The van der Waals surface area contributed by atoms with Crippen LogP contribution in [0.25, 0.3) is 22.0 Å². The summed E-state index contributed by atoms with van der Waals surface area (Å²) in [6, 6.07) is 14.4. The summed E-state index contributed by atoms with van der Waals surface area (Å²) in [4.78, 5) is 30.5. The van der Waals surface area contributed by atoms with Gasteiger partial charge >= 0.3 is 5.97 Å². The molecule has 0 aliphatic carbocycles. The topological polar surface area (TPSA) is 70.5 Å². The van der Waals surface area contributed by atoms with Crippen LogP contribution < -0.4 is 4.90 Å². The number of nitrogens with zero attached hydrogens (tertiary/aromatic N) is 2. The zero-order valence-corrected chi connectivity index (χ0v) is 14.5. The minimum atomic E-state index is -1.12. The molecule has 1 aliphatic rings. The lowest BCUT2D eigenvalue weighted by Gasteiger charge is -2.21. The molecule has 5 nitrogen and oxygen atoms in total. The van der Waals surface area contributed by atoms with E-state index in [1.165, 1.54) is 4.90 Å². The molecule has 2 heterocycles. The van der Waals surface area contributed by atoms with Gasteiger partial charge in [-0.1, -0.05) is 41.9 Å². The lowest BCUT2D eigenvalue weighted by Crippen LogP contribution is -2.27. The Balaban J connectivity index is 2.13. The van der Waals surface area contributed by atoms with Crippen LogP contribution in [0.2, 0.25) is 5.02 Å². The molecule has 1 aliphatic heterocycles. The monoisotopic (exact) mass is 366 g/mol. The van der Waals surface area contributed by atoms with E-state index in [1.807, 2.05) is 30.3 Å². The predicted molar refractivity (Wildman–Crippen MR) is 101 cm³/mol. The number of amides is 1. The Morgan fingerprint density at radius 3 is 2.58 bits per heavy atom. The van der Waals surface area contributed by atoms with Gasteiger partial charge in [0.1, 0.15) is 5.56 Å². The fourth-order valence-electron chi connectivity index (χ4n) is 3.40. The molecule has 1 N–H and O–H groups in total. The van der Waals surface area contributed by atoms with E-state index in [-0.39, 0.29) is 17.3 Å². The summed E-state index contributed by atoms with van der Waals surface area (Å²) in [6.45, 7) is 0.472. The highest BCUT2D eigenvalue weighted by molar-refractivity contribution is 6.31. The average Bonchev–Trinajstić information content (AvgIpc) is 3.06. The van der Waals surface area contributed by atoms with E-state index in [1.54, 1.807) is 18.2 Å². The number of carbonyl (C=O) groups is 2. The van der Waals surface area contributed by atoms with Gasteiger partial charge in [-0.25, -0.2) is 9.78 Å². The molecule has 1 aromatic heterocycles. The first-order valence-electron chi connectivity index (χ1n) is 8.28. The van der Waals surface area contributed by atoms with Gasteiger partial charge in [-0.15, -0.1) is 0 Å². The van der Waals surface area contributed by atoms with Crippen LogP contribution in [0.4, 0.5) is 5.82 Å². The van der Waals surface area contributed by atoms with Gasteiger partial charge in [0.15, 0.2) is 5.82 Å². The van der Waals surface area contributed by atoms with E-state index in [4.69, 9.17) is 11.6 Å². The van der Waals surface area contributed by atoms with Crippen molar-refractivity contribution in [3.63, 3.8) is 0 Å².